The van der Waals surface area contributed by atoms with Crippen LogP contribution in [0, 0.1) is 6.92 Å². The van der Waals surface area contributed by atoms with Gasteiger partial charge in [-0.3, -0.25) is 0 Å². The number of aliphatic imine (C=N–C) groups is 1. The van der Waals surface area contributed by atoms with Crippen molar-refractivity contribution in [2.45, 2.75) is 13.1 Å². The third-order valence-electron chi connectivity index (χ3n) is 1.32. The highest BCUT2D eigenvalue weighted by Crippen LogP contribution is 2.22. The van der Waals surface area contributed by atoms with Crippen LogP contribution in [0.3, 0.4) is 0 Å². The fourth-order valence-electron chi connectivity index (χ4n) is 0.755. The van der Waals surface area contributed by atoms with Crippen molar-refractivity contribution in [3.63, 3.8) is 0 Å². The Bertz CT molecular complexity index is 360. The van der Waals surface area contributed by atoms with Crippen LogP contribution in [0.5, 0.6) is 0 Å². The maximum atomic E-state index is 11.9. The largest absolute Gasteiger partial charge is 0.444 e. The van der Waals surface area contributed by atoms with Crippen molar-refractivity contribution in [3.05, 3.63) is 23.9 Å². The molecule has 1 heterocycles. The van der Waals surface area contributed by atoms with Gasteiger partial charge < -0.3 is 0 Å². The lowest BCUT2D eigenvalue weighted by Crippen LogP contribution is -2.16. The second-order valence-corrected chi connectivity index (χ2v) is 2.90. The molecule has 0 unspecified atom stereocenters. The summed E-state index contributed by atoms with van der Waals surface area (Å²) in [5.74, 6) is -0.0488. The van der Waals surface area contributed by atoms with Crippen molar-refractivity contribution < 1.29 is 13.2 Å². The van der Waals surface area contributed by atoms with Crippen LogP contribution in [0.1, 0.15) is 5.69 Å². The van der Waals surface area contributed by atoms with Crippen molar-refractivity contribution >= 4 is 22.6 Å². The Hall–Kier alpha value is -1.10. The second-order valence-electron chi connectivity index (χ2n) is 2.54. The first-order chi connectivity index (χ1) is 6.39. The molecule has 0 spiro atoms. The van der Waals surface area contributed by atoms with E-state index >= 15 is 0 Å². The fourth-order valence-corrected chi connectivity index (χ4v) is 0.841. The maximum absolute atomic E-state index is 11.9. The van der Waals surface area contributed by atoms with Crippen LogP contribution >= 0.6 is 11.6 Å². The predicted molar refractivity (Wildman–Crippen MR) is 48.0 cm³/mol. The first-order valence-electron chi connectivity index (χ1n) is 3.64. The van der Waals surface area contributed by atoms with E-state index in [0.29, 0.717) is 5.69 Å². The summed E-state index contributed by atoms with van der Waals surface area (Å²) in [5.41, 5.74) is 0.581. The molecule has 0 aliphatic carbocycles. The van der Waals surface area contributed by atoms with E-state index in [0.717, 1.165) is 0 Å². The number of alkyl halides is 3. The summed E-state index contributed by atoms with van der Waals surface area (Å²) in [6.45, 7) is 1.65. The van der Waals surface area contributed by atoms with Gasteiger partial charge in [-0.15, -0.1) is 0 Å². The minimum Gasteiger partial charge on any atom is -0.234 e. The summed E-state index contributed by atoms with van der Waals surface area (Å²) < 4.78 is 35.8. The van der Waals surface area contributed by atoms with E-state index in [4.69, 9.17) is 11.6 Å². The van der Waals surface area contributed by atoms with Crippen LogP contribution in [0.2, 0.25) is 0 Å². The standard InChI is InChI=1S/C8H6ClF3N2/c1-5-3-2-4-6(13-5)14-7(9)8(10,11)12/h2-4H,1H3/b14-7-. The molecular formula is C8H6ClF3N2. The highest BCUT2D eigenvalue weighted by atomic mass is 35.5. The van der Waals surface area contributed by atoms with Crippen LogP contribution < -0.4 is 0 Å². The van der Waals surface area contributed by atoms with Crippen molar-refractivity contribution in [3.8, 4) is 0 Å². The molecule has 1 aromatic rings. The fraction of sp³-hybridized carbons (Fsp3) is 0.250. The van der Waals surface area contributed by atoms with Crippen molar-refractivity contribution in [1.82, 2.24) is 4.98 Å². The van der Waals surface area contributed by atoms with Gasteiger partial charge in [-0.1, -0.05) is 17.7 Å². The average molecular weight is 223 g/mol. The van der Waals surface area contributed by atoms with Crippen molar-refractivity contribution in [2.24, 2.45) is 4.99 Å². The molecule has 0 saturated heterocycles. The summed E-state index contributed by atoms with van der Waals surface area (Å²) in [6.07, 6.45) is -4.62. The van der Waals surface area contributed by atoms with Gasteiger partial charge in [0.15, 0.2) is 5.82 Å². The summed E-state index contributed by atoms with van der Waals surface area (Å²) in [5, 5.41) is -1.42. The summed E-state index contributed by atoms with van der Waals surface area (Å²) in [7, 11) is 0. The lowest BCUT2D eigenvalue weighted by atomic mass is 10.4. The van der Waals surface area contributed by atoms with Crippen molar-refractivity contribution in [2.75, 3.05) is 0 Å². The number of hydrogen-bond acceptors (Lipinski definition) is 2. The number of pyridine rings is 1. The number of rotatable bonds is 1. The number of hydrogen-bond donors (Lipinski definition) is 0. The Labute approximate surface area is 83.4 Å². The van der Waals surface area contributed by atoms with E-state index in [2.05, 4.69) is 9.98 Å². The van der Waals surface area contributed by atoms with E-state index in [1.165, 1.54) is 6.07 Å². The van der Waals surface area contributed by atoms with Gasteiger partial charge in [0, 0.05) is 5.69 Å². The summed E-state index contributed by atoms with van der Waals surface area (Å²) in [6, 6.07) is 4.56. The zero-order chi connectivity index (χ0) is 10.8. The highest BCUT2D eigenvalue weighted by Gasteiger charge is 2.34. The highest BCUT2D eigenvalue weighted by molar-refractivity contribution is 6.67. The molecule has 1 aromatic heterocycles. The molecular weight excluding hydrogens is 217 g/mol. The Kier molecular flexibility index (Phi) is 3.10. The number of halogens is 4. The van der Waals surface area contributed by atoms with Gasteiger partial charge in [0.05, 0.1) is 0 Å². The minimum atomic E-state index is -4.62. The van der Waals surface area contributed by atoms with Crippen LogP contribution in [0.15, 0.2) is 23.2 Å². The Morgan fingerprint density at radius 2 is 2.07 bits per heavy atom. The van der Waals surface area contributed by atoms with E-state index in [9.17, 15) is 13.2 Å². The normalized spacial score (nSPS) is 13.1. The molecule has 0 aromatic carbocycles. The molecule has 0 aliphatic heterocycles. The topological polar surface area (TPSA) is 25.2 Å². The van der Waals surface area contributed by atoms with Gasteiger partial charge in [-0.25, -0.2) is 9.98 Å². The monoisotopic (exact) mass is 222 g/mol. The molecule has 0 atom stereocenters. The molecule has 2 nitrogen and oxygen atoms in total. The van der Waals surface area contributed by atoms with Crippen molar-refractivity contribution in [1.29, 1.82) is 0 Å². The number of nitrogens with zero attached hydrogens (tertiary/aromatic N) is 2. The molecule has 0 fully saturated rings. The molecule has 0 bridgehead atoms. The zero-order valence-electron chi connectivity index (χ0n) is 7.14. The van der Waals surface area contributed by atoms with E-state index in [1.54, 1.807) is 19.1 Å². The van der Waals surface area contributed by atoms with Gasteiger partial charge in [0.2, 0.25) is 5.17 Å². The van der Waals surface area contributed by atoms with Gasteiger partial charge >= 0.3 is 6.18 Å². The average Bonchev–Trinajstić information content (AvgIpc) is 2.02. The molecule has 0 amide bonds. The SMILES string of the molecule is Cc1cccc(/N=C(\Cl)C(F)(F)F)n1. The van der Waals surface area contributed by atoms with E-state index in [1.807, 2.05) is 0 Å². The summed E-state index contributed by atoms with van der Waals surface area (Å²) >= 11 is 4.93. The van der Waals surface area contributed by atoms with Crippen LogP contribution in [0.4, 0.5) is 19.0 Å². The van der Waals surface area contributed by atoms with Crippen LogP contribution in [0.25, 0.3) is 0 Å². The number of aromatic nitrogens is 1. The quantitative estimate of drug-likeness (QED) is 0.670. The lowest BCUT2D eigenvalue weighted by Gasteiger charge is -2.02. The Morgan fingerprint density at radius 3 is 2.57 bits per heavy atom. The van der Waals surface area contributed by atoms with E-state index in [-0.39, 0.29) is 5.82 Å². The molecule has 0 aliphatic rings. The van der Waals surface area contributed by atoms with Crippen LogP contribution in [-0.2, 0) is 0 Å². The lowest BCUT2D eigenvalue weighted by molar-refractivity contribution is -0.0558. The minimum absolute atomic E-state index is 0.0488. The molecule has 0 radical (unpaired) electrons. The van der Waals surface area contributed by atoms with Crippen LogP contribution in [-0.4, -0.2) is 16.3 Å². The molecule has 0 N–H and O–H groups in total. The Morgan fingerprint density at radius 1 is 1.43 bits per heavy atom. The first kappa shape index (κ1) is 11.0. The molecule has 1 rings (SSSR count). The predicted octanol–water partition coefficient (Wildman–Crippen LogP) is 3.22. The van der Waals surface area contributed by atoms with Gasteiger partial charge in [0.1, 0.15) is 0 Å². The number of aryl methyl sites for hydroxylation is 1. The summed E-state index contributed by atoms with van der Waals surface area (Å²) in [4.78, 5) is 6.89. The molecule has 0 saturated carbocycles. The van der Waals surface area contributed by atoms with Gasteiger partial charge in [-0.2, -0.15) is 13.2 Å². The smallest absolute Gasteiger partial charge is 0.234 e. The maximum Gasteiger partial charge on any atom is 0.444 e. The Balaban J connectivity index is 2.98. The zero-order valence-corrected chi connectivity index (χ0v) is 7.89. The molecule has 14 heavy (non-hydrogen) atoms. The van der Waals surface area contributed by atoms with Gasteiger partial charge in [-0.05, 0) is 19.1 Å². The first-order valence-corrected chi connectivity index (χ1v) is 4.02. The molecule has 76 valence electrons. The third-order valence-corrected chi connectivity index (χ3v) is 1.62. The van der Waals surface area contributed by atoms with E-state index < -0.39 is 11.3 Å². The second kappa shape index (κ2) is 3.96. The molecule has 6 heteroatoms. The van der Waals surface area contributed by atoms with Gasteiger partial charge in [0.25, 0.3) is 0 Å². The third kappa shape index (κ3) is 2.99.